The molecule has 0 bridgehead atoms. The number of aromatic amines is 1. The number of ketones is 1. The van der Waals surface area contributed by atoms with Gasteiger partial charge in [-0.05, 0) is 43.3 Å². The van der Waals surface area contributed by atoms with Gasteiger partial charge in [-0.3, -0.25) is 14.4 Å². The van der Waals surface area contributed by atoms with Gasteiger partial charge in [0.25, 0.3) is 11.8 Å². The second kappa shape index (κ2) is 8.28. The Morgan fingerprint density at radius 1 is 0.941 bits per heavy atom. The number of Topliss-reactive ketones (excluding diaryl/α,β-unsaturated/α-hetero) is 1. The molecule has 34 heavy (non-hydrogen) atoms. The fourth-order valence-electron chi connectivity index (χ4n) is 4.00. The SMILES string of the molecule is CC(OC(=O)c1ccc2c(c1)C(=O)N(c1ccccc1Cl)C2=O)C(=O)c1c[nH]c2ccccc12. The largest absolute Gasteiger partial charge is 0.451 e. The van der Waals surface area contributed by atoms with Crippen LogP contribution in [-0.4, -0.2) is 34.7 Å². The summed E-state index contributed by atoms with van der Waals surface area (Å²) >= 11 is 6.17. The number of ether oxygens (including phenoxy) is 1. The van der Waals surface area contributed by atoms with Crippen LogP contribution in [0.5, 0.6) is 0 Å². The lowest BCUT2D eigenvalue weighted by Gasteiger charge is -2.15. The molecule has 5 rings (SSSR count). The van der Waals surface area contributed by atoms with E-state index in [-0.39, 0.29) is 33.2 Å². The van der Waals surface area contributed by atoms with Crippen LogP contribution >= 0.6 is 11.6 Å². The van der Waals surface area contributed by atoms with Crippen molar-refractivity contribution >= 4 is 51.8 Å². The van der Waals surface area contributed by atoms with Crippen molar-refractivity contribution in [3.05, 3.63) is 100 Å². The summed E-state index contributed by atoms with van der Waals surface area (Å²) < 4.78 is 5.39. The minimum absolute atomic E-state index is 0.0551. The zero-order valence-electron chi connectivity index (χ0n) is 17.9. The first kappa shape index (κ1) is 21.6. The number of benzene rings is 3. The zero-order chi connectivity index (χ0) is 24.0. The van der Waals surface area contributed by atoms with Crippen molar-refractivity contribution in [3.8, 4) is 0 Å². The van der Waals surface area contributed by atoms with E-state index in [9.17, 15) is 19.2 Å². The van der Waals surface area contributed by atoms with Gasteiger partial charge in [0.15, 0.2) is 6.10 Å². The van der Waals surface area contributed by atoms with Crippen LogP contribution in [0.25, 0.3) is 10.9 Å². The molecule has 1 aliphatic heterocycles. The van der Waals surface area contributed by atoms with Crippen LogP contribution in [0.2, 0.25) is 5.02 Å². The third-order valence-corrected chi connectivity index (χ3v) is 6.04. The smallest absolute Gasteiger partial charge is 0.338 e. The highest BCUT2D eigenvalue weighted by Crippen LogP contribution is 2.33. The van der Waals surface area contributed by atoms with Gasteiger partial charge in [-0.1, -0.05) is 41.9 Å². The number of imide groups is 1. The van der Waals surface area contributed by atoms with Crippen molar-refractivity contribution in [1.82, 2.24) is 4.98 Å². The summed E-state index contributed by atoms with van der Waals surface area (Å²) in [4.78, 5) is 55.5. The Hall–Kier alpha value is -4.23. The molecule has 1 aliphatic rings. The lowest BCUT2D eigenvalue weighted by Crippen LogP contribution is -2.29. The molecule has 1 unspecified atom stereocenters. The van der Waals surface area contributed by atoms with Gasteiger partial charge >= 0.3 is 5.97 Å². The molecular weight excluding hydrogens is 456 g/mol. The van der Waals surface area contributed by atoms with Gasteiger partial charge < -0.3 is 9.72 Å². The maximum absolute atomic E-state index is 13.0. The molecule has 0 fully saturated rings. The molecule has 0 spiro atoms. The minimum Gasteiger partial charge on any atom is -0.451 e. The predicted molar refractivity (Wildman–Crippen MR) is 127 cm³/mol. The van der Waals surface area contributed by atoms with E-state index in [0.717, 1.165) is 15.8 Å². The van der Waals surface area contributed by atoms with Crippen LogP contribution in [0.4, 0.5) is 5.69 Å². The van der Waals surface area contributed by atoms with Gasteiger partial charge in [-0.25, -0.2) is 9.69 Å². The number of para-hydroxylation sites is 2. The van der Waals surface area contributed by atoms with Crippen molar-refractivity contribution in [3.63, 3.8) is 0 Å². The molecule has 0 saturated heterocycles. The number of nitrogens with zero attached hydrogens (tertiary/aromatic N) is 1. The highest BCUT2D eigenvalue weighted by atomic mass is 35.5. The molecule has 1 N–H and O–H groups in total. The third kappa shape index (κ3) is 3.47. The van der Waals surface area contributed by atoms with Crippen LogP contribution in [0.15, 0.2) is 72.9 Å². The monoisotopic (exact) mass is 472 g/mol. The normalized spacial score (nSPS) is 13.8. The van der Waals surface area contributed by atoms with E-state index in [2.05, 4.69) is 4.98 Å². The molecule has 168 valence electrons. The molecule has 7 nitrogen and oxygen atoms in total. The average Bonchev–Trinajstić information content (AvgIpc) is 3.38. The molecule has 2 amide bonds. The number of aromatic nitrogens is 1. The molecule has 0 radical (unpaired) electrons. The van der Waals surface area contributed by atoms with Crippen molar-refractivity contribution in [1.29, 1.82) is 0 Å². The number of amides is 2. The van der Waals surface area contributed by atoms with Crippen LogP contribution < -0.4 is 4.90 Å². The maximum Gasteiger partial charge on any atom is 0.338 e. The number of hydrogen-bond acceptors (Lipinski definition) is 5. The number of anilines is 1. The fourth-order valence-corrected chi connectivity index (χ4v) is 4.22. The molecule has 1 aromatic heterocycles. The summed E-state index contributed by atoms with van der Waals surface area (Å²) in [5.41, 5.74) is 1.76. The predicted octanol–water partition coefficient (Wildman–Crippen LogP) is 5.05. The van der Waals surface area contributed by atoms with E-state index < -0.39 is 23.9 Å². The number of carbonyl (C=O) groups is 4. The Bertz CT molecular complexity index is 1510. The summed E-state index contributed by atoms with van der Waals surface area (Å²) in [5, 5.41) is 0.984. The number of H-pyrrole nitrogens is 1. The minimum atomic E-state index is -1.06. The molecule has 2 heterocycles. The molecule has 0 saturated carbocycles. The number of fused-ring (bicyclic) bond motifs is 2. The summed E-state index contributed by atoms with van der Waals surface area (Å²) in [6.07, 6.45) is 0.525. The first-order valence-corrected chi connectivity index (χ1v) is 10.8. The van der Waals surface area contributed by atoms with Gasteiger partial charge in [0.1, 0.15) is 0 Å². The summed E-state index contributed by atoms with van der Waals surface area (Å²) in [7, 11) is 0. The Morgan fingerprint density at radius 2 is 1.65 bits per heavy atom. The molecule has 3 aromatic carbocycles. The fraction of sp³-hybridized carbons (Fsp3) is 0.0769. The van der Waals surface area contributed by atoms with E-state index in [0.29, 0.717) is 5.56 Å². The highest BCUT2D eigenvalue weighted by molar-refractivity contribution is 6.39. The molecule has 0 aliphatic carbocycles. The van der Waals surface area contributed by atoms with Gasteiger partial charge in [0.2, 0.25) is 5.78 Å². The van der Waals surface area contributed by atoms with Crippen LogP contribution in [0, 0.1) is 0 Å². The van der Waals surface area contributed by atoms with Crippen molar-refractivity contribution < 1.29 is 23.9 Å². The number of halogens is 1. The number of carbonyl (C=O) groups excluding carboxylic acids is 4. The standard InChI is InChI=1S/C26H17ClN2O5/c1-14(23(30)19-13-28-21-8-4-2-6-16(19)21)34-26(33)15-10-11-17-18(12-15)25(32)29(24(17)31)22-9-5-3-7-20(22)27/h2-14,28H,1H3. The molecular formula is C26H17ClN2O5. The van der Waals surface area contributed by atoms with E-state index in [1.165, 1.54) is 25.1 Å². The Labute approximate surface area is 198 Å². The first-order chi connectivity index (χ1) is 16.4. The number of rotatable bonds is 5. The van der Waals surface area contributed by atoms with Crippen molar-refractivity contribution in [2.75, 3.05) is 4.90 Å². The molecule has 1 atom stereocenters. The molecule has 4 aromatic rings. The zero-order valence-corrected chi connectivity index (χ0v) is 18.6. The van der Waals surface area contributed by atoms with E-state index in [1.54, 1.807) is 30.5 Å². The summed E-state index contributed by atoms with van der Waals surface area (Å²) in [6.45, 7) is 1.49. The number of nitrogens with one attached hydrogen (secondary N) is 1. The quantitative estimate of drug-likeness (QED) is 0.249. The average molecular weight is 473 g/mol. The number of esters is 1. The van der Waals surface area contributed by atoms with E-state index in [1.807, 2.05) is 24.3 Å². The van der Waals surface area contributed by atoms with E-state index >= 15 is 0 Å². The molecule has 8 heteroatoms. The topological polar surface area (TPSA) is 96.5 Å². The Balaban J connectivity index is 1.38. The van der Waals surface area contributed by atoms with Gasteiger partial charge in [-0.15, -0.1) is 0 Å². The summed E-state index contributed by atoms with van der Waals surface area (Å²) in [6, 6.07) is 17.9. The lowest BCUT2D eigenvalue weighted by atomic mass is 10.0. The van der Waals surface area contributed by atoms with Crippen molar-refractivity contribution in [2.45, 2.75) is 13.0 Å². The Kier molecular flexibility index (Phi) is 5.26. The van der Waals surface area contributed by atoms with Crippen molar-refractivity contribution in [2.24, 2.45) is 0 Å². The van der Waals surface area contributed by atoms with Crippen LogP contribution in [-0.2, 0) is 4.74 Å². The second-order valence-electron chi connectivity index (χ2n) is 7.82. The first-order valence-electron chi connectivity index (χ1n) is 10.5. The second-order valence-corrected chi connectivity index (χ2v) is 8.22. The van der Waals surface area contributed by atoms with E-state index in [4.69, 9.17) is 16.3 Å². The summed E-state index contributed by atoms with van der Waals surface area (Å²) in [5.74, 6) is -2.26. The van der Waals surface area contributed by atoms with Gasteiger partial charge in [-0.2, -0.15) is 0 Å². The van der Waals surface area contributed by atoms with Crippen LogP contribution in [0.1, 0.15) is 48.4 Å². The van der Waals surface area contributed by atoms with Gasteiger partial charge in [0, 0.05) is 22.7 Å². The maximum atomic E-state index is 13.0. The van der Waals surface area contributed by atoms with Gasteiger partial charge in [0.05, 0.1) is 27.4 Å². The number of hydrogen-bond donors (Lipinski definition) is 1. The third-order valence-electron chi connectivity index (χ3n) is 5.72. The highest BCUT2D eigenvalue weighted by Gasteiger charge is 2.38. The Morgan fingerprint density at radius 3 is 2.44 bits per heavy atom. The lowest BCUT2D eigenvalue weighted by molar-refractivity contribution is 0.0319. The van der Waals surface area contributed by atoms with Crippen LogP contribution in [0.3, 0.4) is 0 Å².